The largest absolute Gasteiger partial charge is 0.371 e. The molecule has 1 unspecified atom stereocenters. The minimum absolute atomic E-state index is 0.172. The van der Waals surface area contributed by atoms with E-state index in [1.807, 2.05) is 19.9 Å². The number of hydrogen-bond acceptors (Lipinski definition) is 3. The summed E-state index contributed by atoms with van der Waals surface area (Å²) in [6.45, 7) is 10.4. The number of nitrogens with one attached hydrogen (secondary N) is 1. The zero-order valence-electron chi connectivity index (χ0n) is 16.7. The topological polar surface area (TPSA) is 39.5 Å². The maximum atomic E-state index is 7.84. The van der Waals surface area contributed by atoms with Gasteiger partial charge in [0, 0.05) is 42.5 Å². The number of rotatable bonds is 8. The molecule has 0 aliphatic rings. The Bertz CT molecular complexity index is 742. The summed E-state index contributed by atoms with van der Waals surface area (Å²) in [7, 11) is 2.08. The first-order valence-electron chi connectivity index (χ1n) is 8.95. The molecular formula is C22H30ClN3. The molecule has 1 rings (SSSR count). The summed E-state index contributed by atoms with van der Waals surface area (Å²) < 4.78 is 3.62. The lowest BCUT2D eigenvalue weighted by Gasteiger charge is -2.30. The Labute approximate surface area is 163 Å². The van der Waals surface area contributed by atoms with Crippen LogP contribution in [-0.2, 0) is 0 Å². The van der Waals surface area contributed by atoms with Gasteiger partial charge in [-0.2, -0.15) is 4.51 Å². The maximum absolute atomic E-state index is 7.84. The minimum atomic E-state index is 0.172. The number of nitrogens with zero attached hydrogens (tertiary/aromatic N) is 2. The van der Waals surface area contributed by atoms with E-state index in [1.54, 1.807) is 6.21 Å². The predicted molar refractivity (Wildman–Crippen MR) is 116 cm³/mol. The second kappa shape index (κ2) is 10.8. The third-order valence-corrected chi connectivity index (χ3v) is 5.02. The van der Waals surface area contributed by atoms with Gasteiger partial charge in [-0.3, -0.25) is 0 Å². The molecule has 26 heavy (non-hydrogen) atoms. The highest BCUT2D eigenvalue weighted by Gasteiger charge is 2.16. The molecule has 140 valence electrons. The van der Waals surface area contributed by atoms with Gasteiger partial charge >= 0.3 is 0 Å². The molecule has 1 aromatic carbocycles. The molecule has 1 atom stereocenters. The molecule has 0 saturated carbocycles. The van der Waals surface area contributed by atoms with Gasteiger partial charge in [0.2, 0.25) is 0 Å². The first-order valence-corrected chi connectivity index (χ1v) is 9.29. The van der Waals surface area contributed by atoms with Gasteiger partial charge in [0.15, 0.2) is 0 Å². The summed E-state index contributed by atoms with van der Waals surface area (Å²) >= 11 is 5.51. The van der Waals surface area contributed by atoms with E-state index in [1.165, 1.54) is 17.4 Å². The summed E-state index contributed by atoms with van der Waals surface area (Å²) in [5, 5.41) is 7.84. The van der Waals surface area contributed by atoms with Crippen LogP contribution in [-0.4, -0.2) is 24.4 Å². The van der Waals surface area contributed by atoms with Crippen molar-refractivity contribution >= 4 is 29.8 Å². The molecule has 0 bridgehead atoms. The van der Waals surface area contributed by atoms with E-state index >= 15 is 0 Å². The van der Waals surface area contributed by atoms with Crippen LogP contribution < -0.4 is 0 Å². The van der Waals surface area contributed by atoms with Gasteiger partial charge in [0.1, 0.15) is 0 Å². The highest BCUT2D eigenvalue weighted by atomic mass is 35.5. The van der Waals surface area contributed by atoms with Gasteiger partial charge in [0.05, 0.1) is 6.04 Å². The average Bonchev–Trinajstić information content (AvgIpc) is 2.68. The predicted octanol–water partition coefficient (Wildman–Crippen LogP) is 6.59. The Kier molecular flexibility index (Phi) is 9.08. The number of hydrogen-bond donors (Lipinski definition) is 1. The summed E-state index contributed by atoms with van der Waals surface area (Å²) in [5.41, 5.74) is 6.57. The smallest absolute Gasteiger partial charge is 0.0508 e. The van der Waals surface area contributed by atoms with Gasteiger partial charge < -0.3 is 10.3 Å². The summed E-state index contributed by atoms with van der Waals surface area (Å²) in [4.78, 5) is 2.23. The van der Waals surface area contributed by atoms with E-state index in [0.29, 0.717) is 0 Å². The van der Waals surface area contributed by atoms with E-state index < -0.39 is 0 Å². The summed E-state index contributed by atoms with van der Waals surface area (Å²) in [5.74, 6) is 0. The van der Waals surface area contributed by atoms with Crippen molar-refractivity contribution < 1.29 is 0 Å². The first kappa shape index (κ1) is 21.9. The van der Waals surface area contributed by atoms with Crippen LogP contribution in [0, 0.1) is 5.41 Å². The van der Waals surface area contributed by atoms with Crippen molar-refractivity contribution in [3.8, 4) is 0 Å². The monoisotopic (exact) mass is 371 g/mol. The molecule has 1 N–H and O–H groups in total. The van der Waals surface area contributed by atoms with Crippen molar-refractivity contribution in [1.29, 1.82) is 5.41 Å². The first-order chi connectivity index (χ1) is 12.4. The second-order valence-corrected chi connectivity index (χ2v) is 6.39. The van der Waals surface area contributed by atoms with Gasteiger partial charge in [0.25, 0.3) is 0 Å². The molecule has 0 spiro atoms. The van der Waals surface area contributed by atoms with E-state index in [2.05, 4.69) is 67.6 Å². The van der Waals surface area contributed by atoms with Gasteiger partial charge in [-0.1, -0.05) is 37.3 Å². The van der Waals surface area contributed by atoms with E-state index in [-0.39, 0.29) is 6.04 Å². The molecule has 4 heteroatoms. The van der Waals surface area contributed by atoms with Crippen LogP contribution in [0.5, 0.6) is 0 Å². The van der Waals surface area contributed by atoms with Crippen LogP contribution in [0.3, 0.4) is 0 Å². The van der Waals surface area contributed by atoms with E-state index in [9.17, 15) is 0 Å². The normalized spacial score (nSPS) is 15.0. The molecular weight excluding hydrogens is 342 g/mol. The third kappa shape index (κ3) is 5.18. The molecule has 0 aliphatic heterocycles. The zero-order chi connectivity index (χ0) is 19.7. The van der Waals surface area contributed by atoms with Gasteiger partial charge in [-0.05, 0) is 62.5 Å². The Balaban J connectivity index is 3.27. The standard InChI is InChI=1S/C22H30ClN3/c1-7-18(8-2)22(14-24)17(5)26(6)16(4)20-11-10-12-21(13-20)19(9-3)15-25-23/h7,9-16,24H,8H2,1-6H3/b18-7+,19-9+,22-17+,24-14?,25-15?. The van der Waals surface area contributed by atoms with Gasteiger partial charge in [-0.25, -0.2) is 0 Å². The Hall–Kier alpha value is -2.13. The Morgan fingerprint density at radius 2 is 2.00 bits per heavy atom. The molecule has 0 aromatic heterocycles. The van der Waals surface area contributed by atoms with Crippen LogP contribution >= 0.6 is 11.8 Å². The van der Waals surface area contributed by atoms with Crippen molar-refractivity contribution in [2.45, 2.75) is 47.1 Å². The second-order valence-electron chi connectivity index (χ2n) is 6.19. The van der Waals surface area contributed by atoms with Crippen LogP contribution in [0.25, 0.3) is 5.57 Å². The highest BCUT2D eigenvalue weighted by molar-refractivity contribution is 6.23. The number of allylic oxidation sites excluding steroid dienone is 6. The van der Waals surface area contributed by atoms with E-state index in [0.717, 1.165) is 28.8 Å². The number of benzene rings is 1. The Morgan fingerprint density at radius 3 is 2.50 bits per heavy atom. The van der Waals surface area contributed by atoms with Crippen LogP contribution in [0.2, 0.25) is 0 Å². The lowest BCUT2D eigenvalue weighted by atomic mass is 9.98. The fourth-order valence-corrected chi connectivity index (χ4v) is 3.14. The fraction of sp³-hybridized carbons (Fsp3) is 0.364. The van der Waals surface area contributed by atoms with Crippen LogP contribution in [0.4, 0.5) is 0 Å². The SMILES string of the molecule is C/C=C(\C=NCl)c1cccc(C(C)N(C)/C(C)=C(C=N)/C(=C/C)CC)c1. The minimum Gasteiger partial charge on any atom is -0.371 e. The Morgan fingerprint density at radius 1 is 1.31 bits per heavy atom. The molecule has 0 radical (unpaired) electrons. The molecule has 0 amide bonds. The molecule has 0 fully saturated rings. The average molecular weight is 372 g/mol. The molecule has 0 heterocycles. The fourth-order valence-electron chi connectivity index (χ4n) is 3.03. The third-order valence-electron chi connectivity index (χ3n) is 4.92. The number of halogens is 1. The van der Waals surface area contributed by atoms with Crippen molar-refractivity contribution in [3.63, 3.8) is 0 Å². The quantitative estimate of drug-likeness (QED) is 0.406. The highest BCUT2D eigenvalue weighted by Crippen LogP contribution is 2.28. The van der Waals surface area contributed by atoms with Crippen molar-refractivity contribution in [3.05, 3.63) is 64.4 Å². The van der Waals surface area contributed by atoms with E-state index in [4.69, 9.17) is 17.2 Å². The molecule has 3 nitrogen and oxygen atoms in total. The van der Waals surface area contributed by atoms with Crippen molar-refractivity contribution in [1.82, 2.24) is 4.90 Å². The molecule has 0 saturated heterocycles. The van der Waals surface area contributed by atoms with Crippen molar-refractivity contribution in [2.24, 2.45) is 4.51 Å². The summed E-state index contributed by atoms with van der Waals surface area (Å²) in [6, 6.07) is 8.59. The summed E-state index contributed by atoms with van der Waals surface area (Å²) in [6.07, 6.45) is 8.12. The van der Waals surface area contributed by atoms with Crippen LogP contribution in [0.1, 0.15) is 58.2 Å². The van der Waals surface area contributed by atoms with Crippen molar-refractivity contribution in [2.75, 3.05) is 7.05 Å². The maximum Gasteiger partial charge on any atom is 0.0508 e. The van der Waals surface area contributed by atoms with Gasteiger partial charge in [-0.15, -0.1) is 0 Å². The van der Waals surface area contributed by atoms with Crippen LogP contribution in [0.15, 0.2) is 57.8 Å². The molecule has 1 aromatic rings. The lowest BCUT2D eigenvalue weighted by Crippen LogP contribution is -2.22. The molecule has 0 aliphatic carbocycles. The zero-order valence-corrected chi connectivity index (χ0v) is 17.4. The lowest BCUT2D eigenvalue weighted by molar-refractivity contribution is 0.329.